The molecule has 1 aliphatic rings. The first-order chi connectivity index (χ1) is 6.41. The van der Waals surface area contributed by atoms with Crippen LogP contribution < -0.4 is 5.32 Å². The van der Waals surface area contributed by atoms with Crippen molar-refractivity contribution < 1.29 is 13.6 Å². The van der Waals surface area contributed by atoms with Crippen molar-refractivity contribution in [2.24, 2.45) is 5.92 Å². The van der Waals surface area contributed by atoms with Crippen LogP contribution in [0.2, 0.25) is 0 Å². The Morgan fingerprint density at radius 3 is 2.36 bits per heavy atom. The van der Waals surface area contributed by atoms with E-state index >= 15 is 0 Å². The maximum atomic E-state index is 12.7. The average Bonchev–Trinajstić information content (AvgIpc) is 2.53. The van der Waals surface area contributed by atoms with Crippen molar-refractivity contribution >= 4 is 5.91 Å². The van der Waals surface area contributed by atoms with Gasteiger partial charge in [0, 0.05) is 12.8 Å². The van der Waals surface area contributed by atoms with Crippen LogP contribution in [-0.4, -0.2) is 17.9 Å². The van der Waals surface area contributed by atoms with E-state index in [0.717, 1.165) is 32.6 Å². The van der Waals surface area contributed by atoms with E-state index in [4.69, 9.17) is 0 Å². The summed E-state index contributed by atoms with van der Waals surface area (Å²) >= 11 is 0. The van der Waals surface area contributed by atoms with Crippen LogP contribution in [0.1, 0.15) is 39.5 Å². The van der Waals surface area contributed by atoms with E-state index in [-0.39, 0.29) is 11.8 Å². The van der Waals surface area contributed by atoms with Crippen LogP contribution in [0, 0.1) is 5.92 Å². The molecule has 1 rings (SSSR count). The van der Waals surface area contributed by atoms with Crippen molar-refractivity contribution in [3.05, 3.63) is 0 Å². The minimum absolute atomic E-state index is 0.0419. The summed E-state index contributed by atoms with van der Waals surface area (Å²) in [6, 6.07) is -1.07. The third-order valence-corrected chi connectivity index (χ3v) is 2.85. The zero-order chi connectivity index (χ0) is 10.8. The monoisotopic (exact) mass is 205 g/mol. The Balaban J connectivity index is 2.40. The second kappa shape index (κ2) is 4.24. The van der Waals surface area contributed by atoms with Crippen molar-refractivity contribution in [1.82, 2.24) is 5.32 Å². The van der Waals surface area contributed by atoms with Gasteiger partial charge < -0.3 is 5.32 Å². The zero-order valence-corrected chi connectivity index (χ0v) is 8.65. The van der Waals surface area contributed by atoms with Crippen LogP contribution in [0.3, 0.4) is 0 Å². The summed E-state index contributed by atoms with van der Waals surface area (Å²) in [5, 5.41) is 2.37. The molecule has 1 atom stereocenters. The number of carbonyl (C=O) groups is 1. The lowest BCUT2D eigenvalue weighted by Gasteiger charge is -2.22. The molecule has 0 aliphatic heterocycles. The molecule has 0 spiro atoms. The topological polar surface area (TPSA) is 29.1 Å². The third kappa shape index (κ3) is 2.93. The fourth-order valence-corrected chi connectivity index (χ4v) is 1.65. The van der Waals surface area contributed by atoms with Crippen molar-refractivity contribution in [2.75, 3.05) is 0 Å². The molecule has 1 saturated carbocycles. The van der Waals surface area contributed by atoms with Crippen LogP contribution in [0.15, 0.2) is 0 Å². The van der Waals surface area contributed by atoms with Crippen molar-refractivity contribution in [2.45, 2.75) is 51.5 Å². The maximum absolute atomic E-state index is 12.7. The molecule has 0 aromatic heterocycles. The van der Waals surface area contributed by atoms with Gasteiger partial charge in [-0.2, -0.15) is 0 Å². The smallest absolute Gasteiger partial charge is 0.264 e. The molecular weight excluding hydrogens is 188 g/mol. The lowest BCUT2D eigenvalue weighted by atomic mass is 10.1. The predicted octanol–water partition coefficient (Wildman–Crippen LogP) is 2.34. The Morgan fingerprint density at radius 1 is 1.43 bits per heavy atom. The molecule has 0 heterocycles. The highest BCUT2D eigenvalue weighted by atomic mass is 19.3. The lowest BCUT2D eigenvalue weighted by Crippen LogP contribution is -2.45. The quantitative estimate of drug-likeness (QED) is 0.752. The lowest BCUT2D eigenvalue weighted by molar-refractivity contribution is -0.128. The van der Waals surface area contributed by atoms with Gasteiger partial charge in [-0.1, -0.05) is 12.8 Å². The zero-order valence-electron chi connectivity index (χ0n) is 8.65. The van der Waals surface area contributed by atoms with Crippen molar-refractivity contribution in [3.63, 3.8) is 0 Å². The highest BCUT2D eigenvalue weighted by molar-refractivity contribution is 5.79. The second-order valence-electron chi connectivity index (χ2n) is 4.17. The standard InChI is InChI=1S/C10H17F2NO/c1-7(10(2,11)12)13-9(14)8-5-3-4-6-8/h7-8H,3-6H2,1-2H3,(H,13,14)/t7-/m1/s1. The van der Waals surface area contributed by atoms with Gasteiger partial charge in [-0.05, 0) is 19.8 Å². The van der Waals surface area contributed by atoms with Gasteiger partial charge in [0.05, 0.1) is 6.04 Å². The van der Waals surface area contributed by atoms with Crippen LogP contribution in [0.4, 0.5) is 8.78 Å². The van der Waals surface area contributed by atoms with Gasteiger partial charge >= 0.3 is 0 Å². The van der Waals surface area contributed by atoms with E-state index in [2.05, 4.69) is 5.32 Å². The number of hydrogen-bond acceptors (Lipinski definition) is 1. The van der Waals surface area contributed by atoms with E-state index in [0.29, 0.717) is 0 Å². The van der Waals surface area contributed by atoms with E-state index < -0.39 is 12.0 Å². The molecule has 0 radical (unpaired) electrons. The highest BCUT2D eigenvalue weighted by Crippen LogP contribution is 2.25. The molecule has 0 aromatic rings. The van der Waals surface area contributed by atoms with E-state index in [1.165, 1.54) is 6.92 Å². The third-order valence-electron chi connectivity index (χ3n) is 2.85. The van der Waals surface area contributed by atoms with Crippen LogP contribution >= 0.6 is 0 Å². The maximum Gasteiger partial charge on any atom is 0.264 e. The summed E-state index contributed by atoms with van der Waals surface area (Å²) in [7, 11) is 0. The second-order valence-corrected chi connectivity index (χ2v) is 4.17. The predicted molar refractivity (Wildman–Crippen MR) is 50.2 cm³/mol. The molecule has 1 amide bonds. The molecule has 2 nitrogen and oxygen atoms in total. The fourth-order valence-electron chi connectivity index (χ4n) is 1.65. The van der Waals surface area contributed by atoms with Crippen molar-refractivity contribution in [1.29, 1.82) is 0 Å². The normalized spacial score (nSPS) is 20.9. The number of amides is 1. The van der Waals surface area contributed by atoms with Gasteiger partial charge in [-0.3, -0.25) is 4.79 Å². The molecule has 14 heavy (non-hydrogen) atoms. The van der Waals surface area contributed by atoms with Gasteiger partial charge in [0.2, 0.25) is 5.91 Å². The molecule has 1 aliphatic carbocycles. The van der Waals surface area contributed by atoms with Gasteiger partial charge in [0.1, 0.15) is 0 Å². The van der Waals surface area contributed by atoms with E-state index in [1.807, 2.05) is 0 Å². The van der Waals surface area contributed by atoms with E-state index in [1.54, 1.807) is 0 Å². The van der Waals surface area contributed by atoms with Gasteiger partial charge in [-0.25, -0.2) is 8.78 Å². The summed E-state index contributed by atoms with van der Waals surface area (Å²) in [5.41, 5.74) is 0. The SMILES string of the molecule is C[C@@H](NC(=O)C1CCCC1)C(C)(F)F. The fraction of sp³-hybridized carbons (Fsp3) is 0.900. The Kier molecular flexibility index (Phi) is 3.45. The Bertz CT molecular complexity index is 207. The minimum Gasteiger partial charge on any atom is -0.347 e. The number of alkyl halides is 2. The molecule has 1 N–H and O–H groups in total. The average molecular weight is 205 g/mol. The number of carbonyl (C=O) groups excluding carboxylic acids is 1. The molecule has 0 aromatic carbocycles. The molecule has 4 heteroatoms. The number of nitrogens with one attached hydrogen (secondary N) is 1. The van der Waals surface area contributed by atoms with Gasteiger partial charge in [0.15, 0.2) is 0 Å². The van der Waals surface area contributed by atoms with E-state index in [9.17, 15) is 13.6 Å². The minimum atomic E-state index is -2.84. The molecule has 0 saturated heterocycles. The molecule has 0 unspecified atom stereocenters. The first kappa shape index (κ1) is 11.4. The van der Waals surface area contributed by atoms with Crippen LogP contribution in [0.25, 0.3) is 0 Å². The number of rotatable bonds is 3. The van der Waals surface area contributed by atoms with Crippen LogP contribution in [0.5, 0.6) is 0 Å². The van der Waals surface area contributed by atoms with Gasteiger partial charge in [0.25, 0.3) is 5.92 Å². The van der Waals surface area contributed by atoms with Crippen molar-refractivity contribution in [3.8, 4) is 0 Å². The molecule has 0 bridgehead atoms. The largest absolute Gasteiger partial charge is 0.347 e. The van der Waals surface area contributed by atoms with Gasteiger partial charge in [-0.15, -0.1) is 0 Å². The summed E-state index contributed by atoms with van der Waals surface area (Å²) in [4.78, 5) is 11.5. The Labute approximate surface area is 83.1 Å². The highest BCUT2D eigenvalue weighted by Gasteiger charge is 2.33. The summed E-state index contributed by atoms with van der Waals surface area (Å²) in [5.74, 6) is -3.09. The first-order valence-corrected chi connectivity index (χ1v) is 5.09. The molecule has 1 fully saturated rings. The molecule has 82 valence electrons. The molecular formula is C10H17F2NO. The Morgan fingerprint density at radius 2 is 1.93 bits per heavy atom. The first-order valence-electron chi connectivity index (χ1n) is 5.09. The summed E-state index contributed by atoms with van der Waals surface area (Å²) < 4.78 is 25.5. The summed E-state index contributed by atoms with van der Waals surface area (Å²) in [6.45, 7) is 2.17. The number of halogens is 2. The van der Waals surface area contributed by atoms with Crippen LogP contribution in [-0.2, 0) is 4.79 Å². The Hall–Kier alpha value is -0.670. The number of hydrogen-bond donors (Lipinski definition) is 1. The summed E-state index contributed by atoms with van der Waals surface area (Å²) in [6.07, 6.45) is 3.76.